The first-order chi connectivity index (χ1) is 9.69. The maximum absolute atomic E-state index is 12.0. The highest BCUT2D eigenvalue weighted by molar-refractivity contribution is 5.76. The normalized spacial score (nSPS) is 19.6. The van der Waals surface area contributed by atoms with Crippen molar-refractivity contribution >= 4 is 5.91 Å². The molecule has 2 rings (SSSR count). The van der Waals surface area contributed by atoms with Gasteiger partial charge in [-0.3, -0.25) is 4.79 Å². The second-order valence-corrected chi connectivity index (χ2v) is 5.46. The average molecular weight is 276 g/mol. The molecule has 1 fully saturated rings. The predicted octanol–water partition coefficient (Wildman–Crippen LogP) is 2.26. The molecule has 4 nitrogen and oxygen atoms in total. The van der Waals surface area contributed by atoms with Crippen molar-refractivity contribution in [1.82, 2.24) is 10.6 Å². The largest absolute Gasteiger partial charge is 0.497 e. The zero-order chi connectivity index (χ0) is 14.4. The lowest BCUT2D eigenvalue weighted by atomic mass is 10.0. The maximum atomic E-state index is 12.0. The molecule has 20 heavy (non-hydrogen) atoms. The Kier molecular flexibility index (Phi) is 5.41. The van der Waals surface area contributed by atoms with Gasteiger partial charge >= 0.3 is 0 Å². The van der Waals surface area contributed by atoms with Crippen LogP contribution in [0.25, 0.3) is 0 Å². The van der Waals surface area contributed by atoms with Gasteiger partial charge in [-0.1, -0.05) is 12.1 Å². The number of hydrogen-bond acceptors (Lipinski definition) is 3. The van der Waals surface area contributed by atoms with Gasteiger partial charge in [0.2, 0.25) is 5.91 Å². The van der Waals surface area contributed by atoms with Crippen LogP contribution in [0, 0.1) is 5.92 Å². The number of rotatable bonds is 6. The predicted molar refractivity (Wildman–Crippen MR) is 79.8 cm³/mol. The summed E-state index contributed by atoms with van der Waals surface area (Å²) in [4.78, 5) is 12.0. The van der Waals surface area contributed by atoms with Crippen LogP contribution in [0.3, 0.4) is 0 Å². The van der Waals surface area contributed by atoms with E-state index < -0.39 is 0 Å². The van der Waals surface area contributed by atoms with E-state index in [1.807, 2.05) is 31.2 Å². The fraction of sp³-hybridized carbons (Fsp3) is 0.562. The lowest BCUT2D eigenvalue weighted by Crippen LogP contribution is -2.27. The summed E-state index contributed by atoms with van der Waals surface area (Å²) in [7, 11) is 1.65. The van der Waals surface area contributed by atoms with E-state index in [0.29, 0.717) is 12.3 Å². The van der Waals surface area contributed by atoms with Crippen LogP contribution in [-0.4, -0.2) is 26.1 Å². The second kappa shape index (κ2) is 7.29. The molecule has 1 aliphatic rings. The quantitative estimate of drug-likeness (QED) is 0.838. The minimum absolute atomic E-state index is 0.0132. The van der Waals surface area contributed by atoms with Crippen LogP contribution in [0.5, 0.6) is 5.75 Å². The third-order valence-electron chi connectivity index (χ3n) is 3.91. The van der Waals surface area contributed by atoms with E-state index >= 15 is 0 Å². The summed E-state index contributed by atoms with van der Waals surface area (Å²) in [6, 6.07) is 7.84. The van der Waals surface area contributed by atoms with Gasteiger partial charge in [0.1, 0.15) is 5.75 Å². The zero-order valence-corrected chi connectivity index (χ0v) is 12.3. The molecule has 0 radical (unpaired) electrons. The van der Waals surface area contributed by atoms with Gasteiger partial charge in [0, 0.05) is 6.42 Å². The lowest BCUT2D eigenvalue weighted by Gasteiger charge is -2.16. The molecule has 1 amide bonds. The average Bonchev–Trinajstić information content (AvgIpc) is 2.98. The number of amides is 1. The van der Waals surface area contributed by atoms with E-state index in [4.69, 9.17) is 4.74 Å². The Morgan fingerprint density at radius 2 is 2.40 bits per heavy atom. The molecule has 0 aliphatic carbocycles. The fourth-order valence-corrected chi connectivity index (χ4v) is 2.60. The van der Waals surface area contributed by atoms with Crippen molar-refractivity contribution in [2.75, 3.05) is 20.2 Å². The molecule has 110 valence electrons. The summed E-state index contributed by atoms with van der Waals surface area (Å²) in [5, 5.41) is 6.39. The Morgan fingerprint density at radius 1 is 1.55 bits per heavy atom. The second-order valence-electron chi connectivity index (χ2n) is 5.46. The molecule has 0 bridgehead atoms. The van der Waals surface area contributed by atoms with E-state index in [1.54, 1.807) is 7.11 Å². The van der Waals surface area contributed by atoms with Crippen LogP contribution in [0.2, 0.25) is 0 Å². The van der Waals surface area contributed by atoms with Gasteiger partial charge in [-0.05, 0) is 56.5 Å². The fourth-order valence-electron chi connectivity index (χ4n) is 2.60. The van der Waals surface area contributed by atoms with E-state index in [-0.39, 0.29) is 11.9 Å². The highest BCUT2D eigenvalue weighted by atomic mass is 16.5. The number of hydrogen-bond donors (Lipinski definition) is 2. The van der Waals surface area contributed by atoms with Gasteiger partial charge < -0.3 is 15.4 Å². The van der Waals surface area contributed by atoms with Crippen LogP contribution < -0.4 is 15.4 Å². The van der Waals surface area contributed by atoms with Crippen LogP contribution in [0.4, 0.5) is 0 Å². The van der Waals surface area contributed by atoms with Crippen molar-refractivity contribution < 1.29 is 9.53 Å². The summed E-state index contributed by atoms with van der Waals surface area (Å²) in [5.74, 6) is 1.61. The third kappa shape index (κ3) is 4.23. The third-order valence-corrected chi connectivity index (χ3v) is 3.91. The summed E-state index contributed by atoms with van der Waals surface area (Å²) >= 11 is 0. The Morgan fingerprint density at radius 3 is 3.10 bits per heavy atom. The zero-order valence-electron chi connectivity index (χ0n) is 12.3. The smallest absolute Gasteiger partial charge is 0.220 e. The highest BCUT2D eigenvalue weighted by Gasteiger charge is 2.16. The van der Waals surface area contributed by atoms with Crippen LogP contribution in [-0.2, 0) is 4.79 Å². The summed E-state index contributed by atoms with van der Waals surface area (Å²) in [5.41, 5.74) is 1.07. The van der Waals surface area contributed by atoms with Crippen LogP contribution in [0.15, 0.2) is 24.3 Å². The van der Waals surface area contributed by atoms with Crippen molar-refractivity contribution in [3.63, 3.8) is 0 Å². The Hall–Kier alpha value is -1.55. The monoisotopic (exact) mass is 276 g/mol. The molecular formula is C16H24N2O2. The van der Waals surface area contributed by atoms with E-state index in [1.165, 1.54) is 6.42 Å². The van der Waals surface area contributed by atoms with E-state index in [2.05, 4.69) is 10.6 Å². The van der Waals surface area contributed by atoms with Crippen molar-refractivity contribution in [1.29, 1.82) is 0 Å². The molecule has 1 aromatic carbocycles. The van der Waals surface area contributed by atoms with Gasteiger partial charge in [-0.25, -0.2) is 0 Å². The molecule has 2 N–H and O–H groups in total. The first-order valence-electron chi connectivity index (χ1n) is 7.33. The molecular weight excluding hydrogens is 252 g/mol. The van der Waals surface area contributed by atoms with Gasteiger partial charge in [-0.2, -0.15) is 0 Å². The van der Waals surface area contributed by atoms with Crippen LogP contribution in [0.1, 0.15) is 37.8 Å². The standard InChI is InChI=1S/C16H24N2O2/c1-12(14-4-3-5-15(10-14)20-2)18-16(19)7-6-13-8-9-17-11-13/h3-5,10,12-13,17H,6-9,11H2,1-2H3,(H,18,19). The number of nitrogens with one attached hydrogen (secondary N) is 2. The minimum atomic E-state index is 0.0132. The van der Waals surface area contributed by atoms with E-state index in [0.717, 1.165) is 30.8 Å². The first-order valence-corrected chi connectivity index (χ1v) is 7.33. The van der Waals surface area contributed by atoms with Crippen LogP contribution >= 0.6 is 0 Å². The first kappa shape index (κ1) is 14.9. The number of benzene rings is 1. The topological polar surface area (TPSA) is 50.4 Å². The number of ether oxygens (including phenoxy) is 1. The summed E-state index contributed by atoms with van der Waals surface area (Å²) in [6.07, 6.45) is 2.78. The number of methoxy groups -OCH3 is 1. The van der Waals surface area contributed by atoms with Gasteiger partial charge in [-0.15, -0.1) is 0 Å². The minimum Gasteiger partial charge on any atom is -0.497 e. The van der Waals surface area contributed by atoms with Crippen molar-refractivity contribution in [3.05, 3.63) is 29.8 Å². The summed E-state index contributed by atoms with van der Waals surface area (Å²) in [6.45, 7) is 4.15. The molecule has 1 saturated heterocycles. The molecule has 1 aliphatic heterocycles. The van der Waals surface area contributed by atoms with E-state index in [9.17, 15) is 4.79 Å². The molecule has 1 aromatic rings. The lowest BCUT2D eigenvalue weighted by molar-refractivity contribution is -0.122. The number of carbonyl (C=O) groups is 1. The van der Waals surface area contributed by atoms with Gasteiger partial charge in [0.05, 0.1) is 13.2 Å². The Labute approximate surface area is 120 Å². The molecule has 2 unspecified atom stereocenters. The molecule has 0 aromatic heterocycles. The molecule has 0 saturated carbocycles. The highest BCUT2D eigenvalue weighted by Crippen LogP contribution is 2.19. The molecule has 4 heteroatoms. The summed E-state index contributed by atoms with van der Waals surface area (Å²) < 4.78 is 5.21. The SMILES string of the molecule is COc1cccc(C(C)NC(=O)CCC2CCNC2)c1. The van der Waals surface area contributed by atoms with Gasteiger partial charge in [0.15, 0.2) is 0 Å². The molecule has 0 spiro atoms. The maximum Gasteiger partial charge on any atom is 0.220 e. The van der Waals surface area contributed by atoms with Crippen molar-refractivity contribution in [2.24, 2.45) is 5.92 Å². The molecule has 2 atom stereocenters. The number of carbonyl (C=O) groups excluding carboxylic acids is 1. The Bertz CT molecular complexity index is 442. The van der Waals surface area contributed by atoms with Gasteiger partial charge in [0.25, 0.3) is 0 Å². The van der Waals surface area contributed by atoms with Crippen molar-refractivity contribution in [3.8, 4) is 5.75 Å². The molecule has 1 heterocycles. The van der Waals surface area contributed by atoms with Crippen molar-refractivity contribution in [2.45, 2.75) is 32.2 Å². The Balaban J connectivity index is 1.80.